The van der Waals surface area contributed by atoms with E-state index in [0.717, 1.165) is 15.8 Å². The molecule has 7 heteroatoms. The van der Waals surface area contributed by atoms with Crippen LogP contribution in [0.25, 0.3) is 0 Å². The van der Waals surface area contributed by atoms with Gasteiger partial charge in [-0.05, 0) is 53.9 Å². The Morgan fingerprint density at radius 1 is 1.17 bits per heavy atom. The SMILES string of the molecule is COc1cc(CCNC(=O)CC(C)(C)NC(C)=O)c(OC)cc1Br. The van der Waals surface area contributed by atoms with E-state index in [-0.39, 0.29) is 18.2 Å². The molecule has 24 heavy (non-hydrogen) atoms. The fraction of sp³-hybridized carbons (Fsp3) is 0.529. The molecule has 134 valence electrons. The van der Waals surface area contributed by atoms with Crippen LogP contribution in [-0.2, 0) is 16.0 Å². The highest BCUT2D eigenvalue weighted by molar-refractivity contribution is 9.10. The summed E-state index contributed by atoms with van der Waals surface area (Å²) in [6.07, 6.45) is 0.826. The second-order valence-corrected chi connectivity index (χ2v) is 6.99. The average molecular weight is 401 g/mol. The van der Waals surface area contributed by atoms with Crippen LogP contribution in [0.2, 0.25) is 0 Å². The molecule has 1 rings (SSSR count). The molecule has 0 unspecified atom stereocenters. The van der Waals surface area contributed by atoms with Crippen molar-refractivity contribution in [2.45, 2.75) is 39.2 Å². The van der Waals surface area contributed by atoms with E-state index >= 15 is 0 Å². The molecule has 1 aromatic rings. The molecular weight excluding hydrogens is 376 g/mol. The number of hydrogen-bond donors (Lipinski definition) is 2. The number of carbonyl (C=O) groups excluding carboxylic acids is 2. The summed E-state index contributed by atoms with van der Waals surface area (Å²) in [7, 11) is 3.20. The predicted octanol–water partition coefficient (Wildman–Crippen LogP) is 2.43. The molecule has 1 aromatic carbocycles. The average Bonchev–Trinajstić information content (AvgIpc) is 2.46. The zero-order chi connectivity index (χ0) is 18.3. The zero-order valence-corrected chi connectivity index (χ0v) is 16.4. The topological polar surface area (TPSA) is 76.7 Å². The van der Waals surface area contributed by atoms with Crippen LogP contribution in [0.5, 0.6) is 11.5 Å². The molecule has 0 aliphatic heterocycles. The minimum atomic E-state index is -0.575. The third-order valence-corrected chi connectivity index (χ3v) is 4.01. The van der Waals surface area contributed by atoms with Crippen LogP contribution in [0.1, 0.15) is 32.8 Å². The number of rotatable bonds is 8. The Morgan fingerprint density at radius 3 is 2.33 bits per heavy atom. The van der Waals surface area contributed by atoms with Gasteiger partial charge < -0.3 is 20.1 Å². The summed E-state index contributed by atoms with van der Waals surface area (Å²) >= 11 is 3.42. The molecule has 0 heterocycles. The first-order valence-electron chi connectivity index (χ1n) is 7.64. The predicted molar refractivity (Wildman–Crippen MR) is 96.5 cm³/mol. The number of hydrogen-bond acceptors (Lipinski definition) is 4. The Bertz CT molecular complexity index is 602. The van der Waals surface area contributed by atoms with Gasteiger partial charge in [0.2, 0.25) is 11.8 Å². The lowest BCUT2D eigenvalue weighted by Crippen LogP contribution is -2.46. The zero-order valence-electron chi connectivity index (χ0n) is 14.8. The van der Waals surface area contributed by atoms with Crippen molar-refractivity contribution in [2.75, 3.05) is 20.8 Å². The van der Waals surface area contributed by atoms with Crippen LogP contribution in [0, 0.1) is 0 Å². The highest BCUT2D eigenvalue weighted by Crippen LogP contribution is 2.32. The van der Waals surface area contributed by atoms with Crippen LogP contribution >= 0.6 is 15.9 Å². The summed E-state index contributed by atoms with van der Waals surface area (Å²) < 4.78 is 11.5. The Kier molecular flexibility index (Phi) is 7.54. The molecule has 0 spiro atoms. The molecule has 0 saturated heterocycles. The molecule has 0 fully saturated rings. The second kappa shape index (κ2) is 8.92. The summed E-state index contributed by atoms with van der Waals surface area (Å²) in [5.74, 6) is 1.18. The van der Waals surface area contributed by atoms with Gasteiger partial charge in [-0.25, -0.2) is 0 Å². The molecular formula is C17H25BrN2O4. The van der Waals surface area contributed by atoms with Crippen molar-refractivity contribution in [1.29, 1.82) is 0 Å². The van der Waals surface area contributed by atoms with Crippen molar-refractivity contribution < 1.29 is 19.1 Å². The van der Waals surface area contributed by atoms with E-state index in [2.05, 4.69) is 26.6 Å². The highest BCUT2D eigenvalue weighted by atomic mass is 79.9. The standard InChI is InChI=1S/C17H25BrN2O4/c1-11(21)20-17(2,3)10-16(22)19-7-6-12-8-15(24-5)13(18)9-14(12)23-4/h8-9H,6-7,10H2,1-5H3,(H,19,22)(H,20,21). The molecule has 0 atom stereocenters. The Balaban J connectivity index is 2.61. The van der Waals surface area contributed by atoms with Gasteiger partial charge in [-0.3, -0.25) is 9.59 Å². The number of benzene rings is 1. The van der Waals surface area contributed by atoms with Crippen LogP contribution < -0.4 is 20.1 Å². The number of halogens is 1. The van der Waals surface area contributed by atoms with E-state index in [0.29, 0.717) is 18.7 Å². The van der Waals surface area contributed by atoms with Crippen molar-refractivity contribution in [3.8, 4) is 11.5 Å². The third kappa shape index (κ3) is 6.39. The summed E-state index contributed by atoms with van der Waals surface area (Å²) in [4.78, 5) is 23.2. The van der Waals surface area contributed by atoms with Crippen molar-refractivity contribution in [3.05, 3.63) is 22.2 Å². The van der Waals surface area contributed by atoms with Gasteiger partial charge in [0, 0.05) is 25.4 Å². The van der Waals surface area contributed by atoms with Gasteiger partial charge in [0.1, 0.15) is 11.5 Å². The molecule has 0 bridgehead atoms. The number of carbonyl (C=O) groups is 2. The lowest BCUT2D eigenvalue weighted by molar-refractivity contribution is -0.124. The Hall–Kier alpha value is -1.76. The van der Waals surface area contributed by atoms with Crippen LogP contribution in [0.4, 0.5) is 0 Å². The van der Waals surface area contributed by atoms with Crippen LogP contribution in [-0.4, -0.2) is 38.1 Å². The van der Waals surface area contributed by atoms with Gasteiger partial charge in [-0.15, -0.1) is 0 Å². The van der Waals surface area contributed by atoms with E-state index in [1.54, 1.807) is 14.2 Å². The first-order chi connectivity index (χ1) is 11.2. The van der Waals surface area contributed by atoms with Gasteiger partial charge in [0.05, 0.1) is 18.7 Å². The highest BCUT2D eigenvalue weighted by Gasteiger charge is 2.22. The summed E-state index contributed by atoms with van der Waals surface area (Å²) in [5, 5.41) is 5.62. The monoisotopic (exact) mass is 400 g/mol. The normalized spacial score (nSPS) is 10.9. The van der Waals surface area contributed by atoms with E-state index in [9.17, 15) is 9.59 Å². The van der Waals surface area contributed by atoms with Gasteiger partial charge in [-0.1, -0.05) is 0 Å². The van der Waals surface area contributed by atoms with Crippen LogP contribution in [0.15, 0.2) is 16.6 Å². The first-order valence-corrected chi connectivity index (χ1v) is 8.43. The molecule has 6 nitrogen and oxygen atoms in total. The van der Waals surface area contributed by atoms with Crippen molar-refractivity contribution in [2.24, 2.45) is 0 Å². The van der Waals surface area contributed by atoms with Gasteiger partial charge in [0.25, 0.3) is 0 Å². The maximum atomic E-state index is 12.0. The third-order valence-electron chi connectivity index (χ3n) is 3.39. The molecule has 0 aliphatic carbocycles. The first kappa shape index (κ1) is 20.3. The molecule has 2 N–H and O–H groups in total. The van der Waals surface area contributed by atoms with Crippen molar-refractivity contribution >= 4 is 27.7 Å². The van der Waals surface area contributed by atoms with E-state index in [1.807, 2.05) is 26.0 Å². The molecule has 2 amide bonds. The summed E-state index contributed by atoms with van der Waals surface area (Å²) in [6, 6.07) is 3.73. The lowest BCUT2D eigenvalue weighted by atomic mass is 10.00. The fourth-order valence-electron chi connectivity index (χ4n) is 2.44. The Morgan fingerprint density at radius 2 is 1.79 bits per heavy atom. The minimum absolute atomic E-state index is 0.114. The quantitative estimate of drug-likeness (QED) is 0.702. The molecule has 0 radical (unpaired) electrons. The maximum Gasteiger partial charge on any atom is 0.222 e. The maximum absolute atomic E-state index is 12.0. The largest absolute Gasteiger partial charge is 0.496 e. The summed E-state index contributed by atoms with van der Waals surface area (Å²) in [6.45, 7) is 5.54. The summed E-state index contributed by atoms with van der Waals surface area (Å²) in [5.41, 5.74) is 0.369. The smallest absolute Gasteiger partial charge is 0.222 e. The number of nitrogens with one attached hydrogen (secondary N) is 2. The van der Waals surface area contributed by atoms with Crippen molar-refractivity contribution in [3.63, 3.8) is 0 Å². The fourth-order valence-corrected chi connectivity index (χ4v) is 2.92. The number of ether oxygens (including phenoxy) is 2. The van der Waals surface area contributed by atoms with Gasteiger partial charge in [0.15, 0.2) is 0 Å². The number of methoxy groups -OCH3 is 2. The molecule has 0 saturated carbocycles. The minimum Gasteiger partial charge on any atom is -0.496 e. The van der Waals surface area contributed by atoms with Crippen LogP contribution in [0.3, 0.4) is 0 Å². The van der Waals surface area contributed by atoms with Crippen molar-refractivity contribution in [1.82, 2.24) is 10.6 Å². The second-order valence-electron chi connectivity index (χ2n) is 6.14. The van der Waals surface area contributed by atoms with E-state index < -0.39 is 5.54 Å². The molecule has 0 aromatic heterocycles. The van der Waals surface area contributed by atoms with Gasteiger partial charge >= 0.3 is 0 Å². The molecule has 0 aliphatic rings. The number of amides is 2. The Labute approximate surface area is 151 Å². The van der Waals surface area contributed by atoms with E-state index in [1.165, 1.54) is 6.92 Å². The lowest BCUT2D eigenvalue weighted by Gasteiger charge is -2.24. The van der Waals surface area contributed by atoms with Gasteiger partial charge in [-0.2, -0.15) is 0 Å². The van der Waals surface area contributed by atoms with E-state index in [4.69, 9.17) is 9.47 Å².